The number of aromatic nitrogens is 4. The average Bonchev–Trinajstić information content (AvgIpc) is 3.16. The fraction of sp³-hybridized carbons (Fsp3) is 0.452. The van der Waals surface area contributed by atoms with Gasteiger partial charge in [0.2, 0.25) is 10.0 Å². The number of methoxy groups -OCH3 is 1. The first-order chi connectivity index (χ1) is 20.3. The van der Waals surface area contributed by atoms with Gasteiger partial charge < -0.3 is 9.64 Å². The average molecular weight is 593 g/mol. The summed E-state index contributed by atoms with van der Waals surface area (Å²) in [7, 11) is -2.10. The van der Waals surface area contributed by atoms with Crippen LogP contribution in [0.15, 0.2) is 53.4 Å². The summed E-state index contributed by atoms with van der Waals surface area (Å²) in [6.07, 6.45) is 7.55. The number of hydrogen-bond donors (Lipinski definition) is 0. The van der Waals surface area contributed by atoms with E-state index in [0.717, 1.165) is 34.8 Å². The van der Waals surface area contributed by atoms with Crippen LogP contribution in [0.5, 0.6) is 5.75 Å². The van der Waals surface area contributed by atoms with Gasteiger partial charge in [0, 0.05) is 32.6 Å². The van der Waals surface area contributed by atoms with Crippen molar-refractivity contribution in [3.05, 3.63) is 65.9 Å². The Labute approximate surface area is 246 Å². The Balaban J connectivity index is 1.35. The third-order valence-electron chi connectivity index (χ3n) is 8.45. The number of fused-ring (bicyclic) bond motifs is 1. The molecule has 222 valence electrons. The minimum atomic E-state index is -3.66. The van der Waals surface area contributed by atoms with E-state index in [2.05, 4.69) is 4.90 Å². The second-order valence-electron chi connectivity index (χ2n) is 11.3. The lowest BCUT2D eigenvalue weighted by Crippen LogP contribution is -2.35. The number of anilines is 1. The number of halogens is 1. The number of aryl methyl sites for hydroxylation is 1. The smallest absolute Gasteiger partial charge is 0.243 e. The Morgan fingerprint density at radius 2 is 1.64 bits per heavy atom. The van der Waals surface area contributed by atoms with Crippen molar-refractivity contribution in [1.82, 2.24) is 24.1 Å². The second kappa shape index (κ2) is 12.0. The Morgan fingerprint density at radius 1 is 0.905 bits per heavy atom. The quantitative estimate of drug-likeness (QED) is 0.288. The molecule has 2 fully saturated rings. The van der Waals surface area contributed by atoms with Gasteiger partial charge in [-0.2, -0.15) is 9.40 Å². The lowest BCUT2D eigenvalue weighted by atomic mass is 9.87. The Bertz CT molecular complexity index is 1650. The standard InChI is InChI=1S/C31H37FN6O3S/c1-22-29-30(36-17-6-18-37(20-19-36)42(39,40)27-15-13-26(41-2)14-16-27)33-28(21-23-7-4-3-5-8-23)34-31(29)38(35-22)25-11-9-24(32)10-12-25/h9-16,23H,3-8,17-21H2,1-2H3. The maximum absolute atomic E-state index is 13.7. The Morgan fingerprint density at radius 3 is 2.36 bits per heavy atom. The first-order valence-electron chi connectivity index (χ1n) is 14.7. The van der Waals surface area contributed by atoms with Crippen LogP contribution in [0.4, 0.5) is 10.2 Å². The van der Waals surface area contributed by atoms with Gasteiger partial charge in [-0.3, -0.25) is 0 Å². The lowest BCUT2D eigenvalue weighted by molar-refractivity contribution is 0.352. The first kappa shape index (κ1) is 28.5. The fourth-order valence-corrected chi connectivity index (χ4v) is 7.65. The van der Waals surface area contributed by atoms with Gasteiger partial charge >= 0.3 is 0 Å². The highest BCUT2D eigenvalue weighted by Crippen LogP contribution is 2.32. The van der Waals surface area contributed by atoms with Gasteiger partial charge in [0.15, 0.2) is 5.65 Å². The lowest BCUT2D eigenvalue weighted by Gasteiger charge is -2.25. The van der Waals surface area contributed by atoms with Crippen molar-refractivity contribution in [2.24, 2.45) is 5.92 Å². The van der Waals surface area contributed by atoms with Crippen molar-refractivity contribution in [3.63, 3.8) is 0 Å². The number of rotatable bonds is 7. The molecule has 0 radical (unpaired) electrons. The van der Waals surface area contributed by atoms with Crippen LogP contribution in [0.3, 0.4) is 0 Å². The van der Waals surface area contributed by atoms with E-state index in [1.165, 1.54) is 44.2 Å². The summed E-state index contributed by atoms with van der Waals surface area (Å²) in [5, 5.41) is 5.66. The zero-order valence-electron chi connectivity index (χ0n) is 24.2. The molecule has 0 amide bonds. The highest BCUT2D eigenvalue weighted by Gasteiger charge is 2.29. The molecule has 6 rings (SSSR count). The molecule has 1 aliphatic carbocycles. The number of nitrogens with zero attached hydrogens (tertiary/aromatic N) is 6. The monoisotopic (exact) mass is 592 g/mol. The van der Waals surface area contributed by atoms with Crippen molar-refractivity contribution in [2.45, 2.75) is 56.8 Å². The number of sulfonamides is 1. The fourth-order valence-electron chi connectivity index (χ4n) is 6.18. The number of hydrogen-bond acceptors (Lipinski definition) is 7. The largest absolute Gasteiger partial charge is 0.497 e. The van der Waals surface area contributed by atoms with Gasteiger partial charge in [0.1, 0.15) is 23.2 Å². The Hall–Kier alpha value is -3.57. The van der Waals surface area contributed by atoms with E-state index in [-0.39, 0.29) is 10.7 Å². The molecule has 0 bridgehead atoms. The molecule has 1 aliphatic heterocycles. The summed E-state index contributed by atoms with van der Waals surface area (Å²) in [5.74, 6) is 2.42. The SMILES string of the molecule is COc1ccc(S(=O)(=O)N2CCCN(c3nc(CC4CCCCC4)nc4c3c(C)nn4-c3ccc(F)cc3)CC2)cc1. The summed E-state index contributed by atoms with van der Waals surface area (Å²) in [4.78, 5) is 12.6. The molecular weight excluding hydrogens is 555 g/mol. The van der Waals surface area contributed by atoms with E-state index in [4.69, 9.17) is 19.8 Å². The van der Waals surface area contributed by atoms with E-state index in [9.17, 15) is 12.8 Å². The minimum absolute atomic E-state index is 0.257. The van der Waals surface area contributed by atoms with E-state index in [1.54, 1.807) is 52.5 Å². The Kier molecular flexibility index (Phi) is 8.13. The first-order valence-corrected chi connectivity index (χ1v) is 16.2. The van der Waals surface area contributed by atoms with Crippen LogP contribution in [0.2, 0.25) is 0 Å². The van der Waals surface area contributed by atoms with Crippen molar-refractivity contribution in [3.8, 4) is 11.4 Å². The van der Waals surface area contributed by atoms with E-state index < -0.39 is 10.0 Å². The molecule has 2 aromatic heterocycles. The predicted molar refractivity (Wildman–Crippen MR) is 160 cm³/mol. The maximum atomic E-state index is 13.7. The summed E-state index contributed by atoms with van der Waals surface area (Å²) in [5.41, 5.74) is 2.21. The zero-order valence-corrected chi connectivity index (χ0v) is 25.0. The van der Waals surface area contributed by atoms with Crippen LogP contribution >= 0.6 is 0 Å². The van der Waals surface area contributed by atoms with E-state index in [1.807, 2.05) is 6.92 Å². The third-order valence-corrected chi connectivity index (χ3v) is 10.4. The molecule has 2 aromatic carbocycles. The molecule has 0 atom stereocenters. The van der Waals surface area contributed by atoms with E-state index in [0.29, 0.717) is 49.9 Å². The third kappa shape index (κ3) is 5.72. The van der Waals surface area contributed by atoms with Crippen LogP contribution in [-0.2, 0) is 16.4 Å². The van der Waals surface area contributed by atoms with Crippen LogP contribution in [0.1, 0.15) is 50.0 Å². The van der Waals surface area contributed by atoms with Gasteiger partial charge in [-0.05, 0) is 67.8 Å². The van der Waals surface area contributed by atoms with Crippen LogP contribution < -0.4 is 9.64 Å². The summed E-state index contributed by atoms with van der Waals surface area (Å²) < 4.78 is 49.3. The zero-order chi connectivity index (χ0) is 29.3. The molecule has 1 saturated carbocycles. The van der Waals surface area contributed by atoms with E-state index >= 15 is 0 Å². The van der Waals surface area contributed by atoms with Crippen LogP contribution in [0, 0.1) is 18.7 Å². The second-order valence-corrected chi connectivity index (χ2v) is 13.2. The topological polar surface area (TPSA) is 93.5 Å². The van der Waals surface area contributed by atoms with Gasteiger partial charge in [-0.1, -0.05) is 32.1 Å². The molecule has 3 heterocycles. The molecule has 11 heteroatoms. The molecule has 0 unspecified atom stereocenters. The molecule has 1 saturated heterocycles. The minimum Gasteiger partial charge on any atom is -0.497 e. The van der Waals surface area contributed by atoms with Gasteiger partial charge in [0.05, 0.1) is 28.8 Å². The van der Waals surface area contributed by atoms with Gasteiger partial charge in [0.25, 0.3) is 0 Å². The normalized spacial score (nSPS) is 17.5. The maximum Gasteiger partial charge on any atom is 0.243 e. The predicted octanol–water partition coefficient (Wildman–Crippen LogP) is 5.30. The molecular formula is C31H37FN6O3S. The highest BCUT2D eigenvalue weighted by molar-refractivity contribution is 7.89. The number of benzene rings is 2. The van der Waals surface area contributed by atoms with Gasteiger partial charge in [-0.25, -0.2) is 27.5 Å². The molecule has 9 nitrogen and oxygen atoms in total. The summed E-state index contributed by atoms with van der Waals surface area (Å²) >= 11 is 0. The summed E-state index contributed by atoms with van der Waals surface area (Å²) in [6.45, 7) is 3.84. The molecule has 4 aromatic rings. The number of ether oxygens (including phenoxy) is 1. The van der Waals surface area contributed by atoms with Crippen molar-refractivity contribution < 1.29 is 17.5 Å². The van der Waals surface area contributed by atoms with Crippen molar-refractivity contribution >= 4 is 26.9 Å². The van der Waals surface area contributed by atoms with Crippen LogP contribution in [-0.4, -0.2) is 65.8 Å². The molecule has 2 aliphatic rings. The molecule has 42 heavy (non-hydrogen) atoms. The van der Waals surface area contributed by atoms with Crippen molar-refractivity contribution in [1.29, 1.82) is 0 Å². The van der Waals surface area contributed by atoms with Crippen molar-refractivity contribution in [2.75, 3.05) is 38.2 Å². The molecule has 0 N–H and O–H groups in total. The van der Waals surface area contributed by atoms with Gasteiger partial charge in [-0.15, -0.1) is 0 Å². The summed E-state index contributed by atoms with van der Waals surface area (Å²) in [6, 6.07) is 12.8. The van der Waals surface area contributed by atoms with Crippen LogP contribution in [0.25, 0.3) is 16.7 Å². The molecule has 0 spiro atoms. The highest BCUT2D eigenvalue weighted by atomic mass is 32.2.